The van der Waals surface area contributed by atoms with Gasteiger partial charge in [-0.25, -0.2) is 9.59 Å². The highest BCUT2D eigenvalue weighted by atomic mass is 28.4. The standard InChI is InChI=1S/C24H46O4Si/c1-5-9-13-19-27-23(25)17-18-24(26)28-29(20-14-10-6-2,21-15-11-7-3)22-16-12-8-4/h17-18H,5-16,19-22H2,1-4H3. The third kappa shape index (κ3) is 15.4. The molecule has 0 N–H and O–H groups in total. The lowest BCUT2D eigenvalue weighted by molar-refractivity contribution is -0.138. The van der Waals surface area contributed by atoms with Crippen molar-refractivity contribution < 1.29 is 18.8 Å². The third-order valence-electron chi connectivity index (χ3n) is 5.37. The van der Waals surface area contributed by atoms with Gasteiger partial charge in [-0.05, 0) is 24.6 Å². The first-order valence-electron chi connectivity index (χ1n) is 12.1. The Kier molecular flexibility index (Phi) is 18.2. The van der Waals surface area contributed by atoms with E-state index in [0.29, 0.717) is 6.61 Å². The van der Waals surface area contributed by atoms with Gasteiger partial charge in [-0.2, -0.15) is 0 Å². The molecule has 0 heterocycles. The number of hydrogen-bond donors (Lipinski definition) is 0. The maximum atomic E-state index is 12.6. The number of unbranched alkanes of at least 4 members (excludes halogenated alkanes) is 8. The van der Waals surface area contributed by atoms with Crippen LogP contribution in [0.3, 0.4) is 0 Å². The molecule has 0 bridgehead atoms. The van der Waals surface area contributed by atoms with E-state index in [9.17, 15) is 9.59 Å². The average molecular weight is 427 g/mol. The molecule has 29 heavy (non-hydrogen) atoms. The van der Waals surface area contributed by atoms with Gasteiger partial charge >= 0.3 is 11.9 Å². The fourth-order valence-corrected chi connectivity index (χ4v) is 7.81. The Morgan fingerprint density at radius 3 is 1.48 bits per heavy atom. The van der Waals surface area contributed by atoms with Crippen molar-refractivity contribution in [2.45, 2.75) is 123 Å². The minimum Gasteiger partial charge on any atom is -0.516 e. The van der Waals surface area contributed by atoms with Crippen LogP contribution < -0.4 is 0 Å². The van der Waals surface area contributed by atoms with Crippen molar-refractivity contribution in [1.29, 1.82) is 0 Å². The minimum atomic E-state index is -2.13. The van der Waals surface area contributed by atoms with Crippen LogP contribution in [-0.2, 0) is 18.8 Å². The Balaban J connectivity index is 4.93. The molecule has 0 aromatic rings. The number of carbonyl (C=O) groups excluding carboxylic acids is 2. The topological polar surface area (TPSA) is 52.6 Å². The van der Waals surface area contributed by atoms with Crippen molar-refractivity contribution in [2.24, 2.45) is 0 Å². The molecule has 0 unspecified atom stereocenters. The maximum absolute atomic E-state index is 12.6. The molecule has 5 heteroatoms. The lowest BCUT2D eigenvalue weighted by Gasteiger charge is -2.31. The number of rotatable bonds is 19. The smallest absolute Gasteiger partial charge is 0.331 e. The first-order chi connectivity index (χ1) is 14.0. The molecular formula is C24H46O4Si. The van der Waals surface area contributed by atoms with Gasteiger partial charge in [-0.1, -0.05) is 98.3 Å². The monoisotopic (exact) mass is 426 g/mol. The molecule has 0 aliphatic carbocycles. The summed E-state index contributed by atoms with van der Waals surface area (Å²) in [6, 6.07) is 3.15. The quantitative estimate of drug-likeness (QED) is 0.0938. The molecule has 0 saturated carbocycles. The number of ether oxygens (including phenoxy) is 1. The van der Waals surface area contributed by atoms with Crippen molar-refractivity contribution in [3.63, 3.8) is 0 Å². The molecule has 0 atom stereocenters. The molecule has 0 fully saturated rings. The zero-order valence-electron chi connectivity index (χ0n) is 19.6. The van der Waals surface area contributed by atoms with Crippen LogP contribution in [0.5, 0.6) is 0 Å². The molecule has 0 radical (unpaired) electrons. The molecule has 4 nitrogen and oxygen atoms in total. The van der Waals surface area contributed by atoms with Gasteiger partial charge < -0.3 is 9.16 Å². The summed E-state index contributed by atoms with van der Waals surface area (Å²) < 4.78 is 11.3. The largest absolute Gasteiger partial charge is 0.516 e. The van der Waals surface area contributed by atoms with Crippen molar-refractivity contribution >= 4 is 20.3 Å². The van der Waals surface area contributed by atoms with E-state index in [-0.39, 0.29) is 5.97 Å². The second kappa shape index (κ2) is 18.9. The molecule has 0 aromatic carbocycles. The number of carbonyl (C=O) groups is 2. The van der Waals surface area contributed by atoms with E-state index in [1.54, 1.807) is 0 Å². The van der Waals surface area contributed by atoms with E-state index in [1.165, 1.54) is 50.7 Å². The maximum Gasteiger partial charge on any atom is 0.331 e. The fourth-order valence-electron chi connectivity index (χ4n) is 3.58. The molecule has 0 spiro atoms. The average Bonchev–Trinajstić information content (AvgIpc) is 2.70. The molecule has 0 saturated heterocycles. The van der Waals surface area contributed by atoms with Gasteiger partial charge in [-0.3, -0.25) is 0 Å². The number of hydrogen-bond acceptors (Lipinski definition) is 4. The summed E-state index contributed by atoms with van der Waals surface area (Å²) in [7, 11) is -2.13. The Morgan fingerprint density at radius 1 is 0.621 bits per heavy atom. The van der Waals surface area contributed by atoms with E-state index < -0.39 is 14.3 Å². The lowest BCUT2D eigenvalue weighted by atomic mass is 10.3. The van der Waals surface area contributed by atoms with Gasteiger partial charge in [0.15, 0.2) is 0 Å². The molecule has 0 aliphatic rings. The van der Waals surface area contributed by atoms with Crippen LogP contribution in [0, 0.1) is 0 Å². The van der Waals surface area contributed by atoms with Gasteiger partial charge in [0, 0.05) is 12.2 Å². The molecule has 0 rings (SSSR count). The second-order valence-electron chi connectivity index (χ2n) is 8.18. The predicted molar refractivity (Wildman–Crippen MR) is 124 cm³/mol. The summed E-state index contributed by atoms with van der Waals surface area (Å²) in [5.74, 6) is -0.806. The fraction of sp³-hybridized carbons (Fsp3) is 0.833. The Morgan fingerprint density at radius 2 is 1.03 bits per heavy atom. The van der Waals surface area contributed by atoms with Crippen LogP contribution in [0.1, 0.15) is 105 Å². The summed E-state index contributed by atoms with van der Waals surface area (Å²) in [5.41, 5.74) is 0. The molecule has 170 valence electrons. The molecule has 0 aliphatic heterocycles. The van der Waals surface area contributed by atoms with E-state index >= 15 is 0 Å². The van der Waals surface area contributed by atoms with Crippen molar-refractivity contribution in [1.82, 2.24) is 0 Å². The van der Waals surface area contributed by atoms with Crippen LogP contribution in [0.4, 0.5) is 0 Å². The van der Waals surface area contributed by atoms with Crippen molar-refractivity contribution in [2.75, 3.05) is 6.61 Å². The van der Waals surface area contributed by atoms with Crippen LogP contribution in [0.2, 0.25) is 18.1 Å². The van der Waals surface area contributed by atoms with Crippen LogP contribution >= 0.6 is 0 Å². The SMILES string of the molecule is CCCCCOC(=O)C=CC(=O)O[Si](CCCCC)(CCCCC)CCCCC. The summed E-state index contributed by atoms with van der Waals surface area (Å²) in [6.45, 7) is 9.14. The Hall–Kier alpha value is -1.10. The highest BCUT2D eigenvalue weighted by molar-refractivity contribution is 6.75. The van der Waals surface area contributed by atoms with Crippen LogP contribution in [0.15, 0.2) is 12.2 Å². The summed E-state index contributed by atoms with van der Waals surface area (Å²) in [5, 5.41) is 0. The van der Waals surface area contributed by atoms with Crippen LogP contribution in [-0.4, -0.2) is 26.9 Å². The lowest BCUT2D eigenvalue weighted by Crippen LogP contribution is -2.40. The first-order valence-corrected chi connectivity index (χ1v) is 14.6. The normalized spacial score (nSPS) is 11.7. The Bertz CT molecular complexity index is 422. The molecular weight excluding hydrogens is 380 g/mol. The van der Waals surface area contributed by atoms with Gasteiger partial charge in [0.25, 0.3) is 8.32 Å². The van der Waals surface area contributed by atoms with E-state index in [2.05, 4.69) is 27.7 Å². The van der Waals surface area contributed by atoms with Crippen molar-refractivity contribution in [3.8, 4) is 0 Å². The highest BCUT2D eigenvalue weighted by Gasteiger charge is 2.36. The zero-order chi connectivity index (χ0) is 21.8. The van der Waals surface area contributed by atoms with E-state index in [4.69, 9.17) is 9.16 Å². The summed E-state index contributed by atoms with van der Waals surface area (Å²) >= 11 is 0. The molecule has 0 amide bonds. The van der Waals surface area contributed by atoms with Gasteiger partial charge in [0.2, 0.25) is 0 Å². The zero-order valence-corrected chi connectivity index (χ0v) is 20.6. The summed E-state index contributed by atoms with van der Waals surface area (Å²) in [4.78, 5) is 24.4. The first kappa shape index (κ1) is 27.9. The van der Waals surface area contributed by atoms with E-state index in [0.717, 1.165) is 56.7 Å². The summed E-state index contributed by atoms with van der Waals surface area (Å²) in [6.07, 6.45) is 16.0. The van der Waals surface area contributed by atoms with Crippen molar-refractivity contribution in [3.05, 3.63) is 12.2 Å². The number of esters is 1. The highest BCUT2D eigenvalue weighted by Crippen LogP contribution is 2.30. The third-order valence-corrected chi connectivity index (χ3v) is 9.80. The second-order valence-corrected chi connectivity index (χ2v) is 12.3. The minimum absolute atomic E-state index is 0.355. The molecule has 0 aromatic heterocycles. The van der Waals surface area contributed by atoms with Gasteiger partial charge in [0.05, 0.1) is 6.61 Å². The van der Waals surface area contributed by atoms with Gasteiger partial charge in [-0.15, -0.1) is 0 Å². The van der Waals surface area contributed by atoms with E-state index in [1.807, 2.05) is 0 Å². The predicted octanol–water partition coefficient (Wildman–Crippen LogP) is 7.34. The van der Waals surface area contributed by atoms with Crippen LogP contribution in [0.25, 0.3) is 0 Å². The van der Waals surface area contributed by atoms with Gasteiger partial charge in [0.1, 0.15) is 0 Å². The Labute approximate surface area is 180 Å².